The van der Waals surface area contributed by atoms with E-state index in [2.05, 4.69) is 5.32 Å². The van der Waals surface area contributed by atoms with Gasteiger partial charge in [0, 0.05) is 12.3 Å². The second kappa shape index (κ2) is 6.03. The average molecular weight is 283 g/mol. The fraction of sp³-hybridized carbons (Fsp3) is 0.571. The molecular formula is C14H21NO3S. The molecule has 3 unspecified atom stereocenters. The number of hydrogen-bond donors (Lipinski definition) is 2. The number of hydrogen-bond acceptors (Lipinski definition) is 4. The third-order valence-corrected chi connectivity index (χ3v) is 5.47. The highest BCUT2D eigenvalue weighted by Gasteiger charge is 2.35. The van der Waals surface area contributed by atoms with Crippen molar-refractivity contribution >= 4 is 9.84 Å². The Balaban J connectivity index is 2.11. The van der Waals surface area contributed by atoms with Gasteiger partial charge in [-0.3, -0.25) is 0 Å². The monoisotopic (exact) mass is 283 g/mol. The summed E-state index contributed by atoms with van der Waals surface area (Å²) in [6.07, 6.45) is 3.78. The van der Waals surface area contributed by atoms with E-state index in [1.165, 1.54) is 6.26 Å². The Morgan fingerprint density at radius 2 is 2.00 bits per heavy atom. The fourth-order valence-electron chi connectivity index (χ4n) is 2.83. The standard InChI is InChI=1S/C14H21NO3S/c1-19(17,18)14-9-5-8-12(14)15-13(10-16)11-6-3-2-4-7-11/h2-4,6-7,12-16H,5,8-10H2,1H3. The number of rotatable bonds is 5. The van der Waals surface area contributed by atoms with Crippen LogP contribution in [0, 0.1) is 0 Å². The summed E-state index contributed by atoms with van der Waals surface area (Å²) in [5.74, 6) is 0. The molecule has 0 heterocycles. The van der Waals surface area contributed by atoms with Gasteiger partial charge in [-0.1, -0.05) is 36.8 Å². The van der Waals surface area contributed by atoms with Crippen molar-refractivity contribution in [2.45, 2.75) is 36.6 Å². The fourth-order valence-corrected chi connectivity index (χ4v) is 4.23. The van der Waals surface area contributed by atoms with Crippen molar-refractivity contribution in [1.82, 2.24) is 5.32 Å². The molecule has 0 radical (unpaired) electrons. The summed E-state index contributed by atoms with van der Waals surface area (Å²) < 4.78 is 23.5. The molecule has 106 valence electrons. The van der Waals surface area contributed by atoms with Crippen LogP contribution in [0.1, 0.15) is 30.9 Å². The molecule has 2 N–H and O–H groups in total. The Bertz CT molecular complexity index is 501. The van der Waals surface area contributed by atoms with Crippen molar-refractivity contribution < 1.29 is 13.5 Å². The molecule has 1 aromatic carbocycles. The van der Waals surface area contributed by atoms with Gasteiger partial charge in [-0.15, -0.1) is 0 Å². The lowest BCUT2D eigenvalue weighted by atomic mass is 10.1. The first-order chi connectivity index (χ1) is 9.02. The molecule has 0 saturated heterocycles. The van der Waals surface area contributed by atoms with Crippen LogP contribution < -0.4 is 5.32 Å². The maximum Gasteiger partial charge on any atom is 0.151 e. The van der Waals surface area contributed by atoms with Gasteiger partial charge in [-0.25, -0.2) is 8.42 Å². The number of benzene rings is 1. The minimum absolute atomic E-state index is 0.0308. The maximum absolute atomic E-state index is 11.7. The van der Waals surface area contributed by atoms with Crippen LogP contribution in [-0.2, 0) is 9.84 Å². The molecule has 1 fully saturated rings. The SMILES string of the molecule is CS(=O)(=O)C1CCCC1NC(CO)c1ccccc1. The van der Waals surface area contributed by atoms with Gasteiger partial charge < -0.3 is 10.4 Å². The molecule has 3 atom stereocenters. The highest BCUT2D eigenvalue weighted by molar-refractivity contribution is 7.91. The van der Waals surface area contributed by atoms with Crippen LogP contribution >= 0.6 is 0 Å². The second-order valence-electron chi connectivity index (χ2n) is 5.22. The molecule has 19 heavy (non-hydrogen) atoms. The van der Waals surface area contributed by atoms with E-state index in [-0.39, 0.29) is 23.9 Å². The third kappa shape index (κ3) is 3.55. The van der Waals surface area contributed by atoms with Gasteiger partial charge in [-0.05, 0) is 18.4 Å². The Morgan fingerprint density at radius 3 is 2.58 bits per heavy atom. The predicted molar refractivity (Wildman–Crippen MR) is 75.7 cm³/mol. The van der Waals surface area contributed by atoms with E-state index in [1.54, 1.807) is 0 Å². The molecule has 5 heteroatoms. The van der Waals surface area contributed by atoms with Crippen molar-refractivity contribution in [3.63, 3.8) is 0 Å². The molecule has 0 aliphatic heterocycles. The summed E-state index contributed by atoms with van der Waals surface area (Å²) in [5.41, 5.74) is 0.990. The Morgan fingerprint density at radius 1 is 1.32 bits per heavy atom. The van der Waals surface area contributed by atoms with Gasteiger partial charge in [0.05, 0.1) is 17.9 Å². The molecule has 0 aromatic heterocycles. The summed E-state index contributed by atoms with van der Waals surface area (Å²) in [6.45, 7) is -0.0308. The van der Waals surface area contributed by atoms with Crippen LogP contribution in [0.4, 0.5) is 0 Å². The summed E-state index contributed by atoms with van der Waals surface area (Å²) in [7, 11) is -3.03. The lowest BCUT2D eigenvalue weighted by Crippen LogP contribution is -2.42. The van der Waals surface area contributed by atoms with Crippen molar-refractivity contribution in [2.75, 3.05) is 12.9 Å². The molecule has 1 saturated carbocycles. The van der Waals surface area contributed by atoms with E-state index in [9.17, 15) is 13.5 Å². The summed E-state index contributed by atoms with van der Waals surface area (Å²) in [5, 5.41) is 12.5. The smallest absolute Gasteiger partial charge is 0.151 e. The van der Waals surface area contributed by atoms with E-state index >= 15 is 0 Å². The van der Waals surface area contributed by atoms with Crippen LogP contribution in [0.2, 0.25) is 0 Å². The number of nitrogens with one attached hydrogen (secondary N) is 1. The Kier molecular flexibility index (Phi) is 4.60. The molecule has 0 spiro atoms. The normalized spacial score (nSPS) is 25.4. The lowest BCUT2D eigenvalue weighted by Gasteiger charge is -2.25. The minimum Gasteiger partial charge on any atom is -0.394 e. The van der Waals surface area contributed by atoms with Crippen LogP contribution in [0.3, 0.4) is 0 Å². The van der Waals surface area contributed by atoms with Gasteiger partial charge in [0.1, 0.15) is 0 Å². The highest BCUT2D eigenvalue weighted by Crippen LogP contribution is 2.27. The quantitative estimate of drug-likeness (QED) is 0.854. The zero-order valence-corrected chi connectivity index (χ0v) is 11.9. The summed E-state index contributed by atoms with van der Waals surface area (Å²) >= 11 is 0. The average Bonchev–Trinajstić information content (AvgIpc) is 2.85. The van der Waals surface area contributed by atoms with Crippen molar-refractivity contribution in [1.29, 1.82) is 0 Å². The third-order valence-electron chi connectivity index (χ3n) is 3.80. The zero-order valence-electron chi connectivity index (χ0n) is 11.1. The zero-order chi connectivity index (χ0) is 13.9. The second-order valence-corrected chi connectivity index (χ2v) is 7.48. The molecule has 0 amide bonds. The van der Waals surface area contributed by atoms with Crippen LogP contribution in [0.25, 0.3) is 0 Å². The first-order valence-electron chi connectivity index (χ1n) is 6.63. The highest BCUT2D eigenvalue weighted by atomic mass is 32.2. The molecule has 1 aromatic rings. The van der Waals surface area contributed by atoms with E-state index in [4.69, 9.17) is 0 Å². The van der Waals surface area contributed by atoms with Crippen molar-refractivity contribution in [3.05, 3.63) is 35.9 Å². The van der Waals surface area contributed by atoms with E-state index in [0.29, 0.717) is 6.42 Å². The minimum atomic E-state index is -3.03. The number of sulfone groups is 1. The van der Waals surface area contributed by atoms with Gasteiger partial charge in [0.15, 0.2) is 9.84 Å². The maximum atomic E-state index is 11.7. The van der Waals surface area contributed by atoms with Gasteiger partial charge in [-0.2, -0.15) is 0 Å². The number of aliphatic hydroxyl groups is 1. The van der Waals surface area contributed by atoms with Crippen LogP contribution in [0.5, 0.6) is 0 Å². The first-order valence-corrected chi connectivity index (χ1v) is 8.58. The molecule has 2 rings (SSSR count). The summed E-state index contributed by atoms with van der Waals surface area (Å²) in [6, 6.07) is 9.38. The first kappa shape index (κ1) is 14.5. The number of aliphatic hydroxyl groups excluding tert-OH is 1. The van der Waals surface area contributed by atoms with Crippen LogP contribution in [-0.4, -0.2) is 37.7 Å². The van der Waals surface area contributed by atoms with E-state index < -0.39 is 9.84 Å². The summed E-state index contributed by atoms with van der Waals surface area (Å²) in [4.78, 5) is 0. The van der Waals surface area contributed by atoms with Crippen LogP contribution in [0.15, 0.2) is 30.3 Å². The van der Waals surface area contributed by atoms with Crippen molar-refractivity contribution in [2.24, 2.45) is 0 Å². The van der Waals surface area contributed by atoms with Gasteiger partial charge in [0.25, 0.3) is 0 Å². The molecule has 1 aliphatic carbocycles. The van der Waals surface area contributed by atoms with Crippen molar-refractivity contribution in [3.8, 4) is 0 Å². The molecule has 0 bridgehead atoms. The Labute approximate surface area is 114 Å². The topological polar surface area (TPSA) is 66.4 Å². The molecule has 1 aliphatic rings. The Hall–Kier alpha value is -0.910. The van der Waals surface area contributed by atoms with E-state index in [1.807, 2.05) is 30.3 Å². The largest absolute Gasteiger partial charge is 0.394 e. The van der Waals surface area contributed by atoms with Gasteiger partial charge in [0.2, 0.25) is 0 Å². The predicted octanol–water partition coefficient (Wildman–Crippen LogP) is 1.28. The molecular weight excluding hydrogens is 262 g/mol. The molecule has 4 nitrogen and oxygen atoms in total. The lowest BCUT2D eigenvalue weighted by molar-refractivity contribution is 0.233. The van der Waals surface area contributed by atoms with Gasteiger partial charge >= 0.3 is 0 Å². The van der Waals surface area contributed by atoms with E-state index in [0.717, 1.165) is 18.4 Å².